The van der Waals surface area contributed by atoms with Gasteiger partial charge in [0.05, 0.1) is 11.9 Å². The highest BCUT2D eigenvalue weighted by Crippen LogP contribution is 2.28. The molecule has 30 heavy (non-hydrogen) atoms. The molecule has 4 rings (SSSR count). The summed E-state index contributed by atoms with van der Waals surface area (Å²) in [7, 11) is 1.79. The zero-order chi connectivity index (χ0) is 21.4. The lowest BCUT2D eigenvalue weighted by molar-refractivity contribution is 0.474. The fourth-order valence-corrected chi connectivity index (χ4v) is 4.27. The van der Waals surface area contributed by atoms with E-state index in [2.05, 4.69) is 23.9 Å². The molecule has 0 spiro atoms. The minimum Gasteiger partial charge on any atom is -0.441 e. The summed E-state index contributed by atoms with van der Waals surface area (Å²) < 4.78 is 9.18. The first kappa shape index (κ1) is 20.7. The van der Waals surface area contributed by atoms with E-state index < -0.39 is 0 Å². The molecular weight excluding hydrogens is 422 g/mol. The number of aryl methyl sites for hydroxylation is 2. The SMILES string of the molecule is Cc1oc(-c2ccc(Cl)cc2)nc1CSc1nc2cn(C)nc2c(=O)n1CC(C)C. The van der Waals surface area contributed by atoms with Crippen molar-refractivity contribution in [1.29, 1.82) is 0 Å². The number of hydrogen-bond acceptors (Lipinski definition) is 6. The van der Waals surface area contributed by atoms with Crippen LogP contribution in [-0.2, 0) is 19.3 Å². The first-order valence-corrected chi connectivity index (χ1v) is 11.0. The van der Waals surface area contributed by atoms with Crippen LogP contribution >= 0.6 is 23.4 Å². The number of benzene rings is 1. The van der Waals surface area contributed by atoms with Crippen molar-refractivity contribution >= 4 is 34.4 Å². The van der Waals surface area contributed by atoms with Gasteiger partial charge in [0.1, 0.15) is 11.3 Å². The van der Waals surface area contributed by atoms with Gasteiger partial charge in [-0.2, -0.15) is 5.10 Å². The van der Waals surface area contributed by atoms with Crippen LogP contribution in [0.4, 0.5) is 0 Å². The van der Waals surface area contributed by atoms with Crippen LogP contribution in [0.1, 0.15) is 25.3 Å². The van der Waals surface area contributed by atoms with E-state index in [-0.39, 0.29) is 5.56 Å². The third-order valence-electron chi connectivity index (χ3n) is 4.57. The number of thioether (sulfide) groups is 1. The summed E-state index contributed by atoms with van der Waals surface area (Å²) in [6, 6.07) is 7.37. The monoisotopic (exact) mass is 443 g/mol. The lowest BCUT2D eigenvalue weighted by Crippen LogP contribution is -2.25. The third kappa shape index (κ3) is 4.15. The van der Waals surface area contributed by atoms with Crippen LogP contribution in [0.3, 0.4) is 0 Å². The van der Waals surface area contributed by atoms with E-state index in [1.807, 2.05) is 31.2 Å². The van der Waals surface area contributed by atoms with E-state index in [1.54, 1.807) is 22.5 Å². The smallest absolute Gasteiger partial charge is 0.282 e. The van der Waals surface area contributed by atoms with E-state index >= 15 is 0 Å². The molecule has 3 heterocycles. The van der Waals surface area contributed by atoms with Gasteiger partial charge in [-0.05, 0) is 37.1 Å². The molecule has 1 aromatic carbocycles. The molecular formula is C21H22ClN5O2S. The molecule has 0 bridgehead atoms. The predicted molar refractivity (Wildman–Crippen MR) is 119 cm³/mol. The van der Waals surface area contributed by atoms with Gasteiger partial charge in [-0.1, -0.05) is 37.2 Å². The van der Waals surface area contributed by atoms with Crippen molar-refractivity contribution in [3.8, 4) is 11.5 Å². The van der Waals surface area contributed by atoms with Crippen LogP contribution in [0.2, 0.25) is 5.02 Å². The molecule has 0 unspecified atom stereocenters. The minimum atomic E-state index is -0.115. The Labute approximate surface area is 183 Å². The van der Waals surface area contributed by atoms with Crippen molar-refractivity contribution in [1.82, 2.24) is 24.3 Å². The molecule has 0 aliphatic rings. The first-order valence-electron chi connectivity index (χ1n) is 9.61. The lowest BCUT2D eigenvalue weighted by Gasteiger charge is -2.13. The topological polar surface area (TPSA) is 78.7 Å². The number of rotatable bonds is 6. The summed E-state index contributed by atoms with van der Waals surface area (Å²) in [5.74, 6) is 2.14. The zero-order valence-electron chi connectivity index (χ0n) is 17.2. The van der Waals surface area contributed by atoms with Crippen molar-refractivity contribution in [2.45, 2.75) is 38.2 Å². The molecule has 3 aromatic heterocycles. The van der Waals surface area contributed by atoms with Crippen LogP contribution < -0.4 is 5.56 Å². The molecule has 0 amide bonds. The van der Waals surface area contributed by atoms with E-state index in [0.29, 0.717) is 45.3 Å². The van der Waals surface area contributed by atoms with E-state index in [1.165, 1.54) is 11.8 Å². The number of aromatic nitrogens is 5. The molecule has 156 valence electrons. The van der Waals surface area contributed by atoms with Gasteiger partial charge in [0, 0.05) is 29.9 Å². The fourth-order valence-electron chi connectivity index (χ4n) is 3.14. The number of halogens is 1. The molecule has 0 saturated heterocycles. The summed E-state index contributed by atoms with van der Waals surface area (Å²) >= 11 is 7.44. The summed E-state index contributed by atoms with van der Waals surface area (Å²) in [6.07, 6.45) is 1.76. The molecule has 0 saturated carbocycles. The molecule has 0 aliphatic carbocycles. The molecule has 0 atom stereocenters. The van der Waals surface area contributed by atoms with Gasteiger partial charge >= 0.3 is 0 Å². The molecule has 0 N–H and O–H groups in total. The predicted octanol–water partition coefficient (Wildman–Crippen LogP) is 4.70. The highest BCUT2D eigenvalue weighted by atomic mass is 35.5. The summed E-state index contributed by atoms with van der Waals surface area (Å²) in [6.45, 7) is 6.61. The van der Waals surface area contributed by atoms with Crippen LogP contribution in [0.15, 0.2) is 44.8 Å². The Kier molecular flexibility index (Phi) is 5.71. The maximum absolute atomic E-state index is 13.0. The van der Waals surface area contributed by atoms with Crippen LogP contribution in [-0.4, -0.2) is 24.3 Å². The Morgan fingerprint density at radius 2 is 1.93 bits per heavy atom. The molecule has 0 aliphatic heterocycles. The Hall–Kier alpha value is -2.58. The quantitative estimate of drug-likeness (QED) is 0.317. The molecule has 0 fully saturated rings. The number of fused-ring (bicyclic) bond motifs is 1. The van der Waals surface area contributed by atoms with Crippen molar-refractivity contribution in [3.05, 3.63) is 57.3 Å². The standard InChI is InChI=1S/C21H22ClN5O2S/c1-12(2)9-27-20(28)18-16(10-26(4)25-18)24-21(27)30-11-17-13(3)29-19(23-17)14-5-7-15(22)8-6-14/h5-8,10,12H,9,11H2,1-4H3. The maximum Gasteiger partial charge on any atom is 0.282 e. The van der Waals surface area contributed by atoms with Crippen LogP contribution in [0, 0.1) is 12.8 Å². The van der Waals surface area contributed by atoms with E-state index in [9.17, 15) is 4.79 Å². The molecule has 7 nitrogen and oxygen atoms in total. The first-order chi connectivity index (χ1) is 14.3. The summed E-state index contributed by atoms with van der Waals surface area (Å²) in [5.41, 5.74) is 2.57. The fraction of sp³-hybridized carbons (Fsp3) is 0.333. The molecule has 9 heteroatoms. The average Bonchev–Trinajstić information content (AvgIpc) is 3.25. The Morgan fingerprint density at radius 3 is 2.63 bits per heavy atom. The van der Waals surface area contributed by atoms with E-state index in [4.69, 9.17) is 21.0 Å². The second-order valence-electron chi connectivity index (χ2n) is 7.56. The largest absolute Gasteiger partial charge is 0.441 e. The molecule has 0 radical (unpaired) electrons. The van der Waals surface area contributed by atoms with Crippen molar-refractivity contribution < 1.29 is 4.42 Å². The lowest BCUT2D eigenvalue weighted by atomic mass is 10.2. The van der Waals surface area contributed by atoms with Gasteiger partial charge in [0.2, 0.25) is 5.89 Å². The Bertz CT molecular complexity index is 1260. The van der Waals surface area contributed by atoms with Crippen molar-refractivity contribution in [2.75, 3.05) is 0 Å². The minimum absolute atomic E-state index is 0.115. The third-order valence-corrected chi connectivity index (χ3v) is 5.81. The molecule has 4 aromatic rings. The van der Waals surface area contributed by atoms with Crippen LogP contribution in [0.5, 0.6) is 0 Å². The van der Waals surface area contributed by atoms with Crippen LogP contribution in [0.25, 0.3) is 22.5 Å². The van der Waals surface area contributed by atoms with E-state index in [0.717, 1.165) is 17.0 Å². The Morgan fingerprint density at radius 1 is 1.20 bits per heavy atom. The second-order valence-corrected chi connectivity index (χ2v) is 8.94. The summed E-state index contributed by atoms with van der Waals surface area (Å²) in [4.78, 5) is 22.3. The van der Waals surface area contributed by atoms with Gasteiger partial charge < -0.3 is 4.42 Å². The van der Waals surface area contributed by atoms with Gasteiger partial charge in [-0.25, -0.2) is 9.97 Å². The number of nitrogens with zero attached hydrogens (tertiary/aromatic N) is 5. The Balaban J connectivity index is 1.65. The number of hydrogen-bond donors (Lipinski definition) is 0. The van der Waals surface area contributed by atoms with Gasteiger partial charge in [-0.15, -0.1) is 0 Å². The van der Waals surface area contributed by atoms with Crippen molar-refractivity contribution in [2.24, 2.45) is 13.0 Å². The van der Waals surface area contributed by atoms with Gasteiger partial charge in [0.15, 0.2) is 10.7 Å². The van der Waals surface area contributed by atoms with Gasteiger partial charge in [-0.3, -0.25) is 14.0 Å². The number of oxazole rings is 1. The summed E-state index contributed by atoms with van der Waals surface area (Å²) in [5, 5.41) is 5.59. The maximum atomic E-state index is 13.0. The highest BCUT2D eigenvalue weighted by molar-refractivity contribution is 7.98. The normalized spacial score (nSPS) is 11.7. The highest BCUT2D eigenvalue weighted by Gasteiger charge is 2.17. The zero-order valence-corrected chi connectivity index (χ0v) is 18.8. The second kappa shape index (κ2) is 8.28. The van der Waals surface area contributed by atoms with Crippen molar-refractivity contribution in [3.63, 3.8) is 0 Å². The average molecular weight is 444 g/mol. The van der Waals surface area contributed by atoms with Gasteiger partial charge in [0.25, 0.3) is 5.56 Å².